The lowest BCUT2D eigenvalue weighted by Crippen LogP contribution is -2.46. The highest BCUT2D eigenvalue weighted by Gasteiger charge is 2.44. The highest BCUT2D eigenvalue weighted by molar-refractivity contribution is 7.89. The Morgan fingerprint density at radius 1 is 1.29 bits per heavy atom. The number of benzene rings is 1. The average molecular weight is 252 g/mol. The summed E-state index contributed by atoms with van der Waals surface area (Å²) in [6.45, 7) is 1.93. The van der Waals surface area contributed by atoms with Crippen molar-refractivity contribution in [2.75, 3.05) is 6.54 Å². The van der Waals surface area contributed by atoms with Crippen molar-refractivity contribution in [1.82, 2.24) is 4.31 Å². The molecule has 91 valence electrons. The molecule has 1 aromatic rings. The molecule has 1 atom stereocenters. The van der Waals surface area contributed by atoms with E-state index in [1.165, 1.54) is 4.31 Å². The van der Waals surface area contributed by atoms with Crippen LogP contribution >= 0.6 is 0 Å². The summed E-state index contributed by atoms with van der Waals surface area (Å²) < 4.78 is 26.0. The molecule has 1 aliphatic heterocycles. The average Bonchev–Trinajstić information content (AvgIpc) is 2.74. The molecule has 2 rings (SSSR count). The van der Waals surface area contributed by atoms with Gasteiger partial charge in [0.25, 0.3) is 0 Å². The summed E-state index contributed by atoms with van der Waals surface area (Å²) in [6, 6.07) is 8.18. The van der Waals surface area contributed by atoms with Crippen molar-refractivity contribution in [3.8, 4) is 0 Å². The Kier molecular flexibility index (Phi) is 3.05. The number of carbonyl (C=O) groups excluding carboxylic acids is 1. The van der Waals surface area contributed by atoms with Gasteiger partial charge in [-0.05, 0) is 31.9 Å². The third-order valence-electron chi connectivity index (χ3n) is 3.01. The largest absolute Gasteiger partial charge is 0.301 e. The second-order valence-corrected chi connectivity index (χ2v) is 6.18. The summed E-state index contributed by atoms with van der Waals surface area (Å²) >= 11 is 0. The quantitative estimate of drug-likeness (QED) is 0.761. The molecular weight excluding hydrogens is 238 g/mol. The number of carbonyl (C=O) groups is 1. The fourth-order valence-electron chi connectivity index (χ4n) is 1.98. The molecule has 4 nitrogen and oxygen atoms in total. The number of hydrogen-bond donors (Lipinski definition) is 0. The Morgan fingerprint density at radius 2 is 1.94 bits per heavy atom. The van der Waals surface area contributed by atoms with E-state index >= 15 is 0 Å². The smallest absolute Gasteiger partial charge is 0.243 e. The molecule has 5 heteroatoms. The van der Waals surface area contributed by atoms with Crippen LogP contribution in [-0.4, -0.2) is 31.1 Å². The van der Waals surface area contributed by atoms with Crippen LogP contribution in [0.5, 0.6) is 0 Å². The number of hydrogen-bond acceptors (Lipinski definition) is 3. The Balaban J connectivity index is 2.44. The highest BCUT2D eigenvalue weighted by Crippen LogP contribution is 2.32. The van der Waals surface area contributed by atoms with Crippen LogP contribution in [0, 0.1) is 6.42 Å². The molecule has 1 heterocycles. The normalized spacial score (nSPS) is 25.9. The predicted octanol–water partition coefficient (Wildman–Crippen LogP) is 1.24. The maximum Gasteiger partial charge on any atom is 0.243 e. The van der Waals surface area contributed by atoms with Crippen molar-refractivity contribution < 1.29 is 13.2 Å². The van der Waals surface area contributed by atoms with Crippen LogP contribution in [0.15, 0.2) is 35.2 Å². The first-order chi connectivity index (χ1) is 8.00. The fourth-order valence-corrected chi connectivity index (χ4v) is 3.71. The van der Waals surface area contributed by atoms with Gasteiger partial charge in [-0.2, -0.15) is 4.31 Å². The van der Waals surface area contributed by atoms with Gasteiger partial charge in [0.15, 0.2) is 0 Å². The van der Waals surface area contributed by atoms with E-state index in [4.69, 9.17) is 0 Å². The summed E-state index contributed by atoms with van der Waals surface area (Å²) in [5.74, 6) is 0. The number of aldehydes is 1. The maximum atomic E-state index is 12.4. The van der Waals surface area contributed by atoms with E-state index in [0.717, 1.165) is 0 Å². The van der Waals surface area contributed by atoms with Crippen LogP contribution in [0.3, 0.4) is 0 Å². The summed E-state index contributed by atoms with van der Waals surface area (Å²) in [5, 5.41) is 0. The molecule has 1 aromatic carbocycles. The fraction of sp³-hybridized carbons (Fsp3) is 0.333. The van der Waals surface area contributed by atoms with Crippen molar-refractivity contribution in [2.24, 2.45) is 0 Å². The second kappa shape index (κ2) is 4.23. The monoisotopic (exact) mass is 252 g/mol. The molecule has 0 unspecified atom stereocenters. The Hall–Kier alpha value is -1.20. The van der Waals surface area contributed by atoms with E-state index in [1.54, 1.807) is 37.3 Å². The first-order valence-corrected chi connectivity index (χ1v) is 6.81. The first kappa shape index (κ1) is 12.3. The van der Waals surface area contributed by atoms with Gasteiger partial charge < -0.3 is 4.79 Å². The molecule has 0 aromatic heterocycles. The van der Waals surface area contributed by atoms with Crippen molar-refractivity contribution in [3.63, 3.8) is 0 Å². The lowest BCUT2D eigenvalue weighted by atomic mass is 10.0. The molecule has 1 saturated heterocycles. The minimum absolute atomic E-state index is 0.225. The molecule has 1 radical (unpaired) electrons. The van der Waals surface area contributed by atoms with E-state index in [2.05, 4.69) is 0 Å². The van der Waals surface area contributed by atoms with E-state index in [1.807, 2.05) is 6.42 Å². The van der Waals surface area contributed by atoms with Crippen LogP contribution in [0.1, 0.15) is 13.3 Å². The summed E-state index contributed by atoms with van der Waals surface area (Å²) in [5.41, 5.74) is -0.950. The molecule has 0 N–H and O–H groups in total. The third-order valence-corrected chi connectivity index (χ3v) is 5.02. The molecule has 0 bridgehead atoms. The molecular formula is C12H14NO3S. The van der Waals surface area contributed by atoms with Crippen LogP contribution in [0.4, 0.5) is 0 Å². The molecule has 0 amide bonds. The Morgan fingerprint density at radius 3 is 2.53 bits per heavy atom. The number of rotatable bonds is 3. The summed E-state index contributed by atoms with van der Waals surface area (Å²) in [6.07, 6.45) is 2.98. The van der Waals surface area contributed by atoms with E-state index in [9.17, 15) is 13.2 Å². The first-order valence-electron chi connectivity index (χ1n) is 5.36. The van der Waals surface area contributed by atoms with Crippen molar-refractivity contribution in [1.29, 1.82) is 0 Å². The van der Waals surface area contributed by atoms with E-state index in [0.29, 0.717) is 12.7 Å². The SMILES string of the molecule is C[C@@]1(C=O)C[CH]CN1S(=O)(=O)c1ccccc1. The standard InChI is InChI=1S/C12H14NO3S/c1-12(10-14)8-5-9-13(12)17(15,16)11-6-3-2-4-7-11/h2-7,10H,8-9H2,1H3/t12-/m0/s1. The van der Waals surface area contributed by atoms with Gasteiger partial charge in [-0.25, -0.2) is 8.42 Å². The molecule has 0 aliphatic carbocycles. The molecule has 17 heavy (non-hydrogen) atoms. The van der Waals surface area contributed by atoms with Gasteiger partial charge in [-0.3, -0.25) is 0 Å². The van der Waals surface area contributed by atoms with Crippen LogP contribution < -0.4 is 0 Å². The second-order valence-electron chi connectivity index (χ2n) is 4.32. The van der Waals surface area contributed by atoms with Crippen molar-refractivity contribution >= 4 is 16.3 Å². The molecule has 0 saturated carbocycles. The minimum atomic E-state index is -3.59. The van der Waals surface area contributed by atoms with Gasteiger partial charge in [0, 0.05) is 6.54 Å². The van der Waals surface area contributed by atoms with Gasteiger partial charge in [0.1, 0.15) is 6.29 Å². The van der Waals surface area contributed by atoms with Crippen LogP contribution in [-0.2, 0) is 14.8 Å². The molecule has 0 spiro atoms. The van der Waals surface area contributed by atoms with Crippen molar-refractivity contribution in [2.45, 2.75) is 23.8 Å². The van der Waals surface area contributed by atoms with Crippen LogP contribution in [0.25, 0.3) is 0 Å². The minimum Gasteiger partial charge on any atom is -0.301 e. The van der Waals surface area contributed by atoms with Crippen molar-refractivity contribution in [3.05, 3.63) is 36.8 Å². The topological polar surface area (TPSA) is 54.5 Å². The zero-order chi connectivity index (χ0) is 12.5. The number of nitrogens with zero attached hydrogens (tertiary/aromatic N) is 1. The highest BCUT2D eigenvalue weighted by atomic mass is 32.2. The van der Waals surface area contributed by atoms with Gasteiger partial charge >= 0.3 is 0 Å². The Bertz CT molecular complexity index is 512. The predicted molar refractivity (Wildman–Crippen MR) is 63.7 cm³/mol. The summed E-state index contributed by atoms with van der Waals surface area (Å²) in [4.78, 5) is 11.3. The van der Waals surface area contributed by atoms with Gasteiger partial charge in [-0.1, -0.05) is 18.2 Å². The van der Waals surface area contributed by atoms with Gasteiger partial charge in [-0.15, -0.1) is 0 Å². The van der Waals surface area contributed by atoms with E-state index in [-0.39, 0.29) is 11.4 Å². The molecule has 1 aliphatic rings. The van der Waals surface area contributed by atoms with E-state index < -0.39 is 15.6 Å². The molecule has 1 fully saturated rings. The zero-order valence-electron chi connectivity index (χ0n) is 9.54. The van der Waals surface area contributed by atoms with Gasteiger partial charge in [0.05, 0.1) is 10.4 Å². The zero-order valence-corrected chi connectivity index (χ0v) is 10.4. The van der Waals surface area contributed by atoms with Crippen LogP contribution in [0.2, 0.25) is 0 Å². The lowest BCUT2D eigenvalue weighted by Gasteiger charge is -2.28. The lowest BCUT2D eigenvalue weighted by molar-refractivity contribution is -0.114. The van der Waals surface area contributed by atoms with Gasteiger partial charge in [0.2, 0.25) is 10.0 Å². The number of sulfonamides is 1. The Labute approximate surface area is 101 Å². The summed E-state index contributed by atoms with van der Waals surface area (Å²) in [7, 11) is -3.59. The third kappa shape index (κ3) is 2.00. The maximum absolute atomic E-state index is 12.4.